The second-order valence-electron chi connectivity index (χ2n) is 6.66. The Balaban J connectivity index is 1.52. The molecular formula is C20H19F3N2O2. The van der Waals surface area contributed by atoms with Crippen LogP contribution >= 0.6 is 0 Å². The van der Waals surface area contributed by atoms with Gasteiger partial charge in [-0.2, -0.15) is 0 Å². The fourth-order valence-corrected chi connectivity index (χ4v) is 3.25. The summed E-state index contributed by atoms with van der Waals surface area (Å²) in [6.45, 7) is 0. The van der Waals surface area contributed by atoms with Crippen LogP contribution in [0.3, 0.4) is 0 Å². The van der Waals surface area contributed by atoms with Crippen LogP contribution in [0.4, 0.5) is 24.5 Å². The van der Waals surface area contributed by atoms with Crippen molar-refractivity contribution in [1.82, 2.24) is 0 Å². The summed E-state index contributed by atoms with van der Waals surface area (Å²) in [6.07, 6.45) is 1.97. The van der Waals surface area contributed by atoms with Gasteiger partial charge < -0.3 is 10.6 Å². The first kappa shape index (κ1) is 18.9. The molecule has 0 heterocycles. The van der Waals surface area contributed by atoms with E-state index in [4.69, 9.17) is 0 Å². The van der Waals surface area contributed by atoms with E-state index < -0.39 is 17.5 Å². The molecule has 1 aliphatic carbocycles. The van der Waals surface area contributed by atoms with E-state index in [0.29, 0.717) is 37.4 Å². The lowest BCUT2D eigenvalue weighted by molar-refractivity contribution is -0.125. The van der Waals surface area contributed by atoms with Crippen molar-refractivity contribution >= 4 is 23.2 Å². The molecule has 27 heavy (non-hydrogen) atoms. The Hall–Kier alpha value is -2.83. The molecule has 2 aromatic rings. The Morgan fingerprint density at radius 3 is 1.96 bits per heavy atom. The average Bonchev–Trinajstić information content (AvgIpc) is 2.64. The smallest absolute Gasteiger partial charge is 0.227 e. The van der Waals surface area contributed by atoms with Gasteiger partial charge in [0.1, 0.15) is 17.5 Å². The predicted molar refractivity (Wildman–Crippen MR) is 95.5 cm³/mol. The fraction of sp³-hybridized carbons (Fsp3) is 0.300. The maximum Gasteiger partial charge on any atom is 0.227 e. The van der Waals surface area contributed by atoms with Gasteiger partial charge in [0.15, 0.2) is 0 Å². The molecule has 0 saturated heterocycles. The van der Waals surface area contributed by atoms with Gasteiger partial charge in [-0.05, 0) is 56.0 Å². The third-order valence-corrected chi connectivity index (χ3v) is 4.75. The van der Waals surface area contributed by atoms with E-state index in [1.165, 1.54) is 24.3 Å². The number of amides is 2. The highest BCUT2D eigenvalue weighted by atomic mass is 19.1. The molecule has 0 spiro atoms. The molecule has 0 aliphatic heterocycles. The molecule has 4 nitrogen and oxygen atoms in total. The summed E-state index contributed by atoms with van der Waals surface area (Å²) in [5, 5.41) is 5.16. The molecule has 1 aliphatic rings. The maximum absolute atomic E-state index is 13.6. The summed E-state index contributed by atoms with van der Waals surface area (Å²) in [7, 11) is 0. The molecule has 1 saturated carbocycles. The molecule has 2 N–H and O–H groups in total. The van der Waals surface area contributed by atoms with Crippen LogP contribution in [0, 0.1) is 29.3 Å². The van der Waals surface area contributed by atoms with Crippen LogP contribution in [-0.4, -0.2) is 11.8 Å². The second kappa shape index (κ2) is 8.24. The van der Waals surface area contributed by atoms with Gasteiger partial charge in [-0.15, -0.1) is 0 Å². The number of halogens is 3. The average molecular weight is 376 g/mol. The standard InChI is InChI=1S/C20H19F3N2O2/c21-14-2-1-3-16(10-14)24-19(26)12-4-6-13(7-5-12)20(27)25-18-9-8-15(22)11-17(18)23/h1-3,8-13H,4-7H2,(H,24,26)(H,25,27). The molecule has 2 amide bonds. The van der Waals surface area contributed by atoms with Crippen LogP contribution in [0.2, 0.25) is 0 Å². The number of hydrogen-bond donors (Lipinski definition) is 2. The first-order valence-electron chi connectivity index (χ1n) is 8.74. The van der Waals surface area contributed by atoms with E-state index >= 15 is 0 Å². The normalized spacial score (nSPS) is 19.4. The van der Waals surface area contributed by atoms with Crippen molar-refractivity contribution in [1.29, 1.82) is 0 Å². The highest BCUT2D eigenvalue weighted by molar-refractivity contribution is 5.94. The highest BCUT2D eigenvalue weighted by Crippen LogP contribution is 2.31. The minimum absolute atomic E-state index is 0.0626. The molecule has 0 unspecified atom stereocenters. The topological polar surface area (TPSA) is 58.2 Å². The Morgan fingerprint density at radius 1 is 0.778 bits per heavy atom. The first-order valence-corrected chi connectivity index (χ1v) is 8.74. The van der Waals surface area contributed by atoms with Crippen molar-refractivity contribution in [2.24, 2.45) is 11.8 Å². The number of carbonyl (C=O) groups excluding carboxylic acids is 2. The van der Waals surface area contributed by atoms with Crippen molar-refractivity contribution in [3.63, 3.8) is 0 Å². The molecule has 0 bridgehead atoms. The molecule has 0 radical (unpaired) electrons. The van der Waals surface area contributed by atoms with Gasteiger partial charge in [0.2, 0.25) is 11.8 Å². The number of nitrogens with one attached hydrogen (secondary N) is 2. The minimum Gasteiger partial charge on any atom is -0.326 e. The summed E-state index contributed by atoms with van der Waals surface area (Å²) >= 11 is 0. The Kier molecular flexibility index (Phi) is 5.78. The largest absolute Gasteiger partial charge is 0.326 e. The Bertz CT molecular complexity index is 849. The Morgan fingerprint density at radius 2 is 1.37 bits per heavy atom. The van der Waals surface area contributed by atoms with Crippen molar-refractivity contribution in [3.05, 3.63) is 59.9 Å². The van der Waals surface area contributed by atoms with Gasteiger partial charge in [0, 0.05) is 23.6 Å². The van der Waals surface area contributed by atoms with E-state index in [-0.39, 0.29) is 29.3 Å². The SMILES string of the molecule is O=C(Nc1cccc(F)c1)C1CCC(C(=O)Nc2ccc(F)cc2F)CC1. The third kappa shape index (κ3) is 4.87. The third-order valence-electron chi connectivity index (χ3n) is 4.75. The minimum atomic E-state index is -0.827. The van der Waals surface area contributed by atoms with Crippen molar-refractivity contribution < 1.29 is 22.8 Å². The van der Waals surface area contributed by atoms with Crippen molar-refractivity contribution in [2.45, 2.75) is 25.7 Å². The summed E-state index contributed by atoms with van der Waals surface area (Å²) in [6, 6.07) is 8.63. The highest BCUT2D eigenvalue weighted by Gasteiger charge is 2.30. The quantitative estimate of drug-likeness (QED) is 0.826. The van der Waals surface area contributed by atoms with Crippen LogP contribution in [0.25, 0.3) is 0 Å². The van der Waals surface area contributed by atoms with E-state index in [2.05, 4.69) is 10.6 Å². The number of rotatable bonds is 4. The van der Waals surface area contributed by atoms with Crippen molar-refractivity contribution in [3.8, 4) is 0 Å². The molecule has 3 rings (SSSR count). The Labute approximate surface area is 154 Å². The van der Waals surface area contributed by atoms with E-state index in [9.17, 15) is 22.8 Å². The summed E-state index contributed by atoms with van der Waals surface area (Å²) in [5.41, 5.74) is 0.332. The lowest BCUT2D eigenvalue weighted by atomic mass is 9.81. The van der Waals surface area contributed by atoms with Gasteiger partial charge in [0.25, 0.3) is 0 Å². The van der Waals surface area contributed by atoms with Crippen LogP contribution in [0.15, 0.2) is 42.5 Å². The molecular weight excluding hydrogens is 357 g/mol. The maximum atomic E-state index is 13.6. The summed E-state index contributed by atoms with van der Waals surface area (Å²) in [5.74, 6) is -3.12. The lowest BCUT2D eigenvalue weighted by Gasteiger charge is -2.27. The number of anilines is 2. The van der Waals surface area contributed by atoms with Crippen LogP contribution < -0.4 is 10.6 Å². The van der Waals surface area contributed by atoms with Gasteiger partial charge >= 0.3 is 0 Å². The van der Waals surface area contributed by atoms with E-state index in [1.54, 1.807) is 6.07 Å². The predicted octanol–water partition coefficient (Wildman–Crippen LogP) is 4.49. The van der Waals surface area contributed by atoms with E-state index in [0.717, 1.165) is 6.07 Å². The molecule has 0 aromatic heterocycles. The summed E-state index contributed by atoms with van der Waals surface area (Å²) in [4.78, 5) is 24.6. The molecule has 0 atom stereocenters. The second-order valence-corrected chi connectivity index (χ2v) is 6.66. The van der Waals surface area contributed by atoms with Gasteiger partial charge in [0.05, 0.1) is 5.69 Å². The monoisotopic (exact) mass is 376 g/mol. The zero-order valence-electron chi connectivity index (χ0n) is 14.5. The van der Waals surface area contributed by atoms with E-state index in [1.807, 2.05) is 0 Å². The van der Waals surface area contributed by atoms with Gasteiger partial charge in [-0.3, -0.25) is 9.59 Å². The molecule has 2 aromatic carbocycles. The number of hydrogen-bond acceptors (Lipinski definition) is 2. The zero-order chi connectivity index (χ0) is 19.4. The molecule has 7 heteroatoms. The fourth-order valence-electron chi connectivity index (χ4n) is 3.25. The van der Waals surface area contributed by atoms with Crippen molar-refractivity contribution in [2.75, 3.05) is 10.6 Å². The molecule has 1 fully saturated rings. The zero-order valence-corrected chi connectivity index (χ0v) is 14.5. The van der Waals surface area contributed by atoms with Gasteiger partial charge in [-0.25, -0.2) is 13.2 Å². The van der Waals surface area contributed by atoms with Crippen LogP contribution in [-0.2, 0) is 9.59 Å². The summed E-state index contributed by atoms with van der Waals surface area (Å²) < 4.78 is 39.8. The number of benzene rings is 2. The van der Waals surface area contributed by atoms with Crippen LogP contribution in [0.5, 0.6) is 0 Å². The number of carbonyl (C=O) groups is 2. The first-order chi connectivity index (χ1) is 12.9. The van der Waals surface area contributed by atoms with Crippen LogP contribution in [0.1, 0.15) is 25.7 Å². The molecule has 142 valence electrons. The lowest BCUT2D eigenvalue weighted by Crippen LogP contribution is -2.32. The van der Waals surface area contributed by atoms with Gasteiger partial charge in [-0.1, -0.05) is 6.07 Å².